The second-order valence-electron chi connectivity index (χ2n) is 4.12. The predicted octanol–water partition coefficient (Wildman–Crippen LogP) is 3.04. The number of benzene rings is 1. The van der Waals surface area contributed by atoms with Gasteiger partial charge in [0.2, 0.25) is 0 Å². The molecule has 2 rings (SSSR count). The highest BCUT2D eigenvalue weighted by atomic mass is 16.1. The van der Waals surface area contributed by atoms with Gasteiger partial charge in [-0.05, 0) is 37.1 Å². The standard InChI is InChI=1S/C14H14N2O/c1-3-6-16-12(8-15)7-13-10(2)11(9-17)4-5-14(13)16/h4-5,7,9H,3,6H2,1-2H3. The van der Waals surface area contributed by atoms with E-state index >= 15 is 0 Å². The molecule has 0 aliphatic heterocycles. The van der Waals surface area contributed by atoms with Crippen molar-refractivity contribution in [1.29, 1.82) is 5.26 Å². The van der Waals surface area contributed by atoms with Crippen molar-refractivity contribution >= 4 is 17.2 Å². The van der Waals surface area contributed by atoms with Gasteiger partial charge in [0.1, 0.15) is 18.0 Å². The molecule has 0 saturated carbocycles. The van der Waals surface area contributed by atoms with Crippen LogP contribution in [0.3, 0.4) is 0 Å². The summed E-state index contributed by atoms with van der Waals surface area (Å²) in [5.74, 6) is 0. The number of carbonyl (C=O) groups is 1. The van der Waals surface area contributed by atoms with Crippen LogP contribution in [0.15, 0.2) is 18.2 Å². The van der Waals surface area contributed by atoms with Gasteiger partial charge in [0.15, 0.2) is 0 Å². The van der Waals surface area contributed by atoms with Crippen LogP contribution in [-0.4, -0.2) is 10.9 Å². The Morgan fingerprint density at radius 2 is 2.24 bits per heavy atom. The van der Waals surface area contributed by atoms with Crippen LogP contribution in [0.1, 0.15) is 35.0 Å². The first-order chi connectivity index (χ1) is 8.22. The zero-order valence-corrected chi connectivity index (χ0v) is 10.0. The number of hydrogen-bond acceptors (Lipinski definition) is 2. The molecule has 0 aliphatic carbocycles. The lowest BCUT2D eigenvalue weighted by Gasteiger charge is -2.06. The lowest BCUT2D eigenvalue weighted by atomic mass is 10.1. The highest BCUT2D eigenvalue weighted by Gasteiger charge is 2.11. The third-order valence-electron chi connectivity index (χ3n) is 3.09. The lowest BCUT2D eigenvalue weighted by Crippen LogP contribution is -1.99. The van der Waals surface area contributed by atoms with Gasteiger partial charge in [-0.1, -0.05) is 6.92 Å². The second kappa shape index (κ2) is 4.42. The normalized spacial score (nSPS) is 10.4. The maximum atomic E-state index is 10.9. The number of nitrogens with zero attached hydrogens (tertiary/aromatic N) is 2. The van der Waals surface area contributed by atoms with Crippen molar-refractivity contribution in [3.05, 3.63) is 35.0 Å². The molecule has 0 spiro atoms. The van der Waals surface area contributed by atoms with Crippen molar-refractivity contribution in [2.45, 2.75) is 26.8 Å². The summed E-state index contributed by atoms with van der Waals surface area (Å²) in [6.07, 6.45) is 1.84. The van der Waals surface area contributed by atoms with Crippen LogP contribution in [0, 0.1) is 18.3 Å². The van der Waals surface area contributed by atoms with E-state index in [9.17, 15) is 4.79 Å². The van der Waals surface area contributed by atoms with Crippen molar-refractivity contribution in [3.63, 3.8) is 0 Å². The second-order valence-corrected chi connectivity index (χ2v) is 4.12. The molecule has 0 atom stereocenters. The zero-order valence-electron chi connectivity index (χ0n) is 10.0. The Bertz CT molecular complexity index is 617. The number of hydrogen-bond donors (Lipinski definition) is 0. The summed E-state index contributed by atoms with van der Waals surface area (Å²) in [4.78, 5) is 10.9. The predicted molar refractivity (Wildman–Crippen MR) is 67.1 cm³/mol. The highest BCUT2D eigenvalue weighted by molar-refractivity contribution is 5.92. The van der Waals surface area contributed by atoms with E-state index in [1.54, 1.807) is 0 Å². The molecule has 86 valence electrons. The monoisotopic (exact) mass is 226 g/mol. The summed E-state index contributed by atoms with van der Waals surface area (Å²) in [6, 6.07) is 7.81. The lowest BCUT2D eigenvalue weighted by molar-refractivity contribution is 0.112. The molecular formula is C14H14N2O. The van der Waals surface area contributed by atoms with Crippen molar-refractivity contribution in [1.82, 2.24) is 4.57 Å². The van der Waals surface area contributed by atoms with Gasteiger partial charge in [0.25, 0.3) is 0 Å². The fourth-order valence-electron chi connectivity index (χ4n) is 2.18. The molecule has 1 aromatic heterocycles. The molecule has 0 radical (unpaired) electrons. The van der Waals surface area contributed by atoms with E-state index in [0.29, 0.717) is 11.3 Å². The number of aromatic nitrogens is 1. The molecule has 0 fully saturated rings. The molecule has 0 amide bonds. The minimum atomic E-state index is 0.660. The van der Waals surface area contributed by atoms with Crippen LogP contribution >= 0.6 is 0 Å². The molecule has 3 nitrogen and oxygen atoms in total. The number of fused-ring (bicyclic) bond motifs is 1. The molecule has 1 heterocycles. The number of aryl methyl sites for hydroxylation is 2. The smallest absolute Gasteiger partial charge is 0.150 e. The number of aldehydes is 1. The number of nitriles is 1. The van der Waals surface area contributed by atoms with Gasteiger partial charge in [-0.25, -0.2) is 0 Å². The zero-order chi connectivity index (χ0) is 12.4. The summed E-state index contributed by atoms with van der Waals surface area (Å²) in [5, 5.41) is 10.1. The van der Waals surface area contributed by atoms with Crippen molar-refractivity contribution in [2.75, 3.05) is 0 Å². The Morgan fingerprint density at radius 1 is 1.47 bits per heavy atom. The molecule has 0 aliphatic rings. The fourth-order valence-corrected chi connectivity index (χ4v) is 2.18. The molecule has 0 N–H and O–H groups in total. The minimum absolute atomic E-state index is 0.660. The molecule has 0 saturated heterocycles. The summed E-state index contributed by atoms with van der Waals surface area (Å²) < 4.78 is 2.01. The maximum absolute atomic E-state index is 10.9. The van der Waals surface area contributed by atoms with Crippen molar-refractivity contribution in [3.8, 4) is 6.07 Å². The van der Waals surface area contributed by atoms with Crippen molar-refractivity contribution < 1.29 is 4.79 Å². The van der Waals surface area contributed by atoms with E-state index in [2.05, 4.69) is 13.0 Å². The molecule has 1 aromatic carbocycles. The summed E-state index contributed by atoms with van der Waals surface area (Å²) in [5.41, 5.74) is 3.33. The molecule has 2 aromatic rings. The van der Waals surface area contributed by atoms with Crippen LogP contribution in [-0.2, 0) is 6.54 Å². The Hall–Kier alpha value is -2.08. The first-order valence-electron chi connectivity index (χ1n) is 5.71. The number of rotatable bonds is 3. The quantitative estimate of drug-likeness (QED) is 0.755. The summed E-state index contributed by atoms with van der Waals surface area (Å²) >= 11 is 0. The Labute approximate surface area is 100 Å². The Kier molecular flexibility index (Phi) is 2.97. The molecular weight excluding hydrogens is 212 g/mol. The van der Waals surface area contributed by atoms with E-state index in [0.717, 1.165) is 35.7 Å². The molecule has 17 heavy (non-hydrogen) atoms. The van der Waals surface area contributed by atoms with Crippen LogP contribution in [0.25, 0.3) is 10.9 Å². The highest BCUT2D eigenvalue weighted by Crippen LogP contribution is 2.25. The minimum Gasteiger partial charge on any atom is -0.332 e. The van der Waals surface area contributed by atoms with Gasteiger partial charge < -0.3 is 4.57 Å². The van der Waals surface area contributed by atoms with Gasteiger partial charge in [0, 0.05) is 23.0 Å². The van der Waals surface area contributed by atoms with E-state index < -0.39 is 0 Å². The third kappa shape index (κ3) is 1.72. The number of carbonyl (C=O) groups excluding carboxylic acids is 1. The summed E-state index contributed by atoms with van der Waals surface area (Å²) in [7, 11) is 0. The molecule has 0 unspecified atom stereocenters. The Balaban J connectivity index is 2.79. The SMILES string of the molecule is CCCn1c(C#N)cc2c(C)c(C=O)ccc21. The van der Waals surface area contributed by atoms with Crippen LogP contribution < -0.4 is 0 Å². The average molecular weight is 226 g/mol. The van der Waals surface area contributed by atoms with Crippen LogP contribution in [0.4, 0.5) is 0 Å². The average Bonchev–Trinajstić information content (AvgIpc) is 2.70. The summed E-state index contributed by atoms with van der Waals surface area (Å²) in [6.45, 7) is 4.83. The van der Waals surface area contributed by atoms with Gasteiger partial charge in [-0.3, -0.25) is 4.79 Å². The Morgan fingerprint density at radius 3 is 2.82 bits per heavy atom. The van der Waals surface area contributed by atoms with Gasteiger partial charge >= 0.3 is 0 Å². The first kappa shape index (κ1) is 11.4. The first-order valence-corrected chi connectivity index (χ1v) is 5.71. The molecule has 0 bridgehead atoms. The fraction of sp³-hybridized carbons (Fsp3) is 0.286. The van der Waals surface area contributed by atoms with Crippen LogP contribution in [0.5, 0.6) is 0 Å². The van der Waals surface area contributed by atoms with E-state index in [-0.39, 0.29) is 0 Å². The van der Waals surface area contributed by atoms with Gasteiger partial charge in [-0.15, -0.1) is 0 Å². The van der Waals surface area contributed by atoms with Gasteiger partial charge in [0.05, 0.1) is 0 Å². The van der Waals surface area contributed by atoms with E-state index in [1.807, 2.05) is 29.7 Å². The van der Waals surface area contributed by atoms with Gasteiger partial charge in [-0.2, -0.15) is 5.26 Å². The largest absolute Gasteiger partial charge is 0.332 e. The van der Waals surface area contributed by atoms with E-state index in [1.165, 1.54) is 0 Å². The van der Waals surface area contributed by atoms with Crippen molar-refractivity contribution in [2.24, 2.45) is 0 Å². The molecule has 3 heteroatoms. The third-order valence-corrected chi connectivity index (χ3v) is 3.09. The maximum Gasteiger partial charge on any atom is 0.150 e. The van der Waals surface area contributed by atoms with Crippen LogP contribution in [0.2, 0.25) is 0 Å². The van der Waals surface area contributed by atoms with E-state index in [4.69, 9.17) is 5.26 Å². The topological polar surface area (TPSA) is 45.8 Å².